The van der Waals surface area contributed by atoms with Crippen molar-refractivity contribution in [2.45, 2.75) is 39.0 Å². The first-order chi connectivity index (χ1) is 19.7. The van der Waals surface area contributed by atoms with Crippen LogP contribution in [0.2, 0.25) is 0 Å². The first-order valence-electron chi connectivity index (χ1n) is 13.9. The summed E-state index contributed by atoms with van der Waals surface area (Å²) >= 11 is 0. The fourth-order valence-electron chi connectivity index (χ4n) is 4.95. The largest absolute Gasteiger partial charge is 0.497 e. The summed E-state index contributed by atoms with van der Waals surface area (Å²) in [5.74, 6) is 1.32. The minimum absolute atomic E-state index is 0.00771. The zero-order valence-electron chi connectivity index (χ0n) is 24.2. The van der Waals surface area contributed by atoms with Crippen LogP contribution < -0.4 is 20.1 Å². The molecule has 0 spiro atoms. The molecule has 218 valence electrons. The van der Waals surface area contributed by atoms with Crippen LogP contribution in [-0.2, 0) is 17.8 Å². The maximum absolute atomic E-state index is 13.5. The molecule has 1 aliphatic heterocycles. The number of aliphatic hydroxyl groups is 1. The number of urea groups is 1. The molecule has 4 rings (SSSR count). The van der Waals surface area contributed by atoms with Gasteiger partial charge in [-0.25, -0.2) is 4.79 Å². The van der Waals surface area contributed by atoms with Gasteiger partial charge in [-0.05, 0) is 62.0 Å². The highest BCUT2D eigenvalue weighted by Crippen LogP contribution is 2.29. The van der Waals surface area contributed by atoms with Crippen molar-refractivity contribution in [2.75, 3.05) is 44.5 Å². The van der Waals surface area contributed by atoms with Crippen LogP contribution in [0, 0.1) is 5.92 Å². The number of para-hydroxylation sites is 1. The smallest absolute Gasteiger partial charge is 0.323 e. The van der Waals surface area contributed by atoms with E-state index in [2.05, 4.69) is 22.5 Å². The maximum atomic E-state index is 13.5. The lowest BCUT2D eigenvalue weighted by Gasteiger charge is -2.34. The van der Waals surface area contributed by atoms with Crippen LogP contribution in [0.3, 0.4) is 0 Å². The second-order valence-corrected chi connectivity index (χ2v) is 10.7. The first-order valence-corrected chi connectivity index (χ1v) is 13.9. The standard InChI is InChI=1S/C32H40N4O5/c1-22-18-36(23(2)21-37)31(38)17-25-16-27(34-32(39)33-26-8-6-5-7-9-26)12-15-29(25)41-30(22)20-35(3)19-24-10-13-28(40-4)14-11-24/h5-16,22-23,30,37H,17-21H2,1-4H3,(H2,33,34,39)/t22-,23+,30-/m0/s1. The number of aliphatic hydroxyl groups excluding tert-OH is 1. The van der Waals surface area contributed by atoms with Crippen molar-refractivity contribution in [3.63, 3.8) is 0 Å². The summed E-state index contributed by atoms with van der Waals surface area (Å²) in [5.41, 5.74) is 3.06. The average molecular weight is 561 g/mol. The van der Waals surface area contributed by atoms with Crippen molar-refractivity contribution in [2.24, 2.45) is 5.92 Å². The zero-order valence-corrected chi connectivity index (χ0v) is 24.2. The van der Waals surface area contributed by atoms with Crippen LogP contribution in [0.15, 0.2) is 72.8 Å². The first kappa shape index (κ1) is 29.9. The monoisotopic (exact) mass is 560 g/mol. The van der Waals surface area contributed by atoms with Gasteiger partial charge in [0, 0.05) is 42.5 Å². The van der Waals surface area contributed by atoms with Gasteiger partial charge in [0.15, 0.2) is 0 Å². The van der Waals surface area contributed by atoms with E-state index in [1.807, 2.05) is 62.5 Å². The van der Waals surface area contributed by atoms with Crippen LogP contribution in [-0.4, -0.2) is 72.8 Å². The molecule has 3 aromatic rings. The summed E-state index contributed by atoms with van der Waals surface area (Å²) in [6, 6.07) is 21.8. The molecule has 0 saturated carbocycles. The number of likely N-dealkylation sites (N-methyl/N-ethyl adjacent to an activating group) is 1. The Kier molecular flexibility index (Phi) is 10.2. The zero-order chi connectivity index (χ0) is 29.4. The molecule has 1 heterocycles. The summed E-state index contributed by atoms with van der Waals surface area (Å²) < 4.78 is 11.9. The van der Waals surface area contributed by atoms with Gasteiger partial charge in [-0.1, -0.05) is 37.3 Å². The predicted molar refractivity (Wildman–Crippen MR) is 160 cm³/mol. The second kappa shape index (κ2) is 14.0. The number of carbonyl (C=O) groups excluding carboxylic acids is 2. The molecule has 41 heavy (non-hydrogen) atoms. The van der Waals surface area contributed by atoms with Crippen LogP contribution in [0.25, 0.3) is 0 Å². The van der Waals surface area contributed by atoms with Crippen LogP contribution >= 0.6 is 0 Å². The summed E-state index contributed by atoms with van der Waals surface area (Å²) in [5, 5.41) is 15.6. The van der Waals surface area contributed by atoms with Crippen molar-refractivity contribution in [3.05, 3.63) is 83.9 Å². The van der Waals surface area contributed by atoms with Gasteiger partial charge in [0.25, 0.3) is 0 Å². The molecule has 9 heteroatoms. The van der Waals surface area contributed by atoms with Crippen molar-refractivity contribution in [1.29, 1.82) is 0 Å². The Balaban J connectivity index is 1.55. The fourth-order valence-corrected chi connectivity index (χ4v) is 4.95. The molecule has 0 bridgehead atoms. The molecule has 0 fully saturated rings. The third kappa shape index (κ3) is 8.22. The molecule has 0 radical (unpaired) electrons. The Bertz CT molecular complexity index is 1300. The number of nitrogens with one attached hydrogen (secondary N) is 2. The van der Waals surface area contributed by atoms with Gasteiger partial charge < -0.3 is 30.1 Å². The van der Waals surface area contributed by atoms with E-state index < -0.39 is 0 Å². The lowest BCUT2D eigenvalue weighted by Crippen LogP contribution is -2.47. The number of hydrogen-bond acceptors (Lipinski definition) is 6. The number of hydrogen-bond donors (Lipinski definition) is 3. The molecule has 9 nitrogen and oxygen atoms in total. The van der Waals surface area contributed by atoms with E-state index >= 15 is 0 Å². The van der Waals surface area contributed by atoms with Gasteiger partial charge in [0.05, 0.1) is 26.2 Å². The highest BCUT2D eigenvalue weighted by atomic mass is 16.5. The van der Waals surface area contributed by atoms with Crippen molar-refractivity contribution >= 4 is 23.3 Å². The molecule has 1 aliphatic rings. The molecule has 3 atom stereocenters. The van der Waals surface area contributed by atoms with E-state index in [1.165, 1.54) is 0 Å². The molecule has 0 saturated heterocycles. The average Bonchev–Trinajstić information content (AvgIpc) is 3.01. The summed E-state index contributed by atoms with van der Waals surface area (Å²) in [6.07, 6.45) is -0.132. The molecule has 3 aromatic carbocycles. The van der Waals surface area contributed by atoms with Gasteiger partial charge in [-0.3, -0.25) is 9.69 Å². The van der Waals surface area contributed by atoms with Crippen molar-refractivity contribution < 1.29 is 24.2 Å². The molecule has 0 unspecified atom stereocenters. The number of nitrogens with zero attached hydrogens (tertiary/aromatic N) is 2. The Hall–Kier alpha value is -4.08. The minimum Gasteiger partial charge on any atom is -0.497 e. The van der Waals surface area contributed by atoms with Crippen molar-refractivity contribution in [3.8, 4) is 11.5 Å². The van der Waals surface area contributed by atoms with E-state index in [0.29, 0.717) is 35.8 Å². The number of methoxy groups -OCH3 is 1. The van der Waals surface area contributed by atoms with E-state index in [0.717, 1.165) is 17.9 Å². The normalized spacial score (nSPS) is 17.9. The summed E-state index contributed by atoms with van der Waals surface area (Å²) in [6.45, 7) is 5.60. The van der Waals surface area contributed by atoms with E-state index in [-0.39, 0.29) is 43.0 Å². The molecule has 3 N–H and O–H groups in total. The summed E-state index contributed by atoms with van der Waals surface area (Å²) in [7, 11) is 3.70. The Morgan fingerprint density at radius 2 is 1.80 bits per heavy atom. The van der Waals surface area contributed by atoms with Gasteiger partial charge in [-0.15, -0.1) is 0 Å². The maximum Gasteiger partial charge on any atom is 0.323 e. The Labute approximate surface area is 242 Å². The minimum atomic E-state index is -0.381. The number of benzene rings is 3. The predicted octanol–water partition coefficient (Wildman–Crippen LogP) is 4.62. The number of fused-ring (bicyclic) bond motifs is 1. The van der Waals surface area contributed by atoms with Crippen LogP contribution in [0.5, 0.6) is 11.5 Å². The lowest BCUT2D eigenvalue weighted by atomic mass is 10.0. The summed E-state index contributed by atoms with van der Waals surface area (Å²) in [4.78, 5) is 30.0. The topological polar surface area (TPSA) is 103 Å². The molecule has 0 aromatic heterocycles. The van der Waals surface area contributed by atoms with Gasteiger partial charge in [0.2, 0.25) is 5.91 Å². The number of carbonyl (C=O) groups is 2. The van der Waals surface area contributed by atoms with Gasteiger partial charge in [0.1, 0.15) is 17.6 Å². The quantitative estimate of drug-likeness (QED) is 0.353. The van der Waals surface area contributed by atoms with Gasteiger partial charge in [-0.2, -0.15) is 0 Å². The van der Waals surface area contributed by atoms with E-state index in [1.54, 1.807) is 36.3 Å². The molecular formula is C32H40N4O5. The van der Waals surface area contributed by atoms with Gasteiger partial charge >= 0.3 is 6.03 Å². The lowest BCUT2D eigenvalue weighted by molar-refractivity contribution is -0.134. The van der Waals surface area contributed by atoms with Crippen LogP contribution in [0.1, 0.15) is 25.0 Å². The second-order valence-electron chi connectivity index (χ2n) is 10.7. The molecule has 3 amide bonds. The van der Waals surface area contributed by atoms with E-state index in [4.69, 9.17) is 9.47 Å². The number of rotatable bonds is 9. The molecular weight excluding hydrogens is 520 g/mol. The SMILES string of the molecule is COc1ccc(CN(C)C[C@@H]2Oc3ccc(NC(=O)Nc4ccccc4)cc3CC(=O)N([C@H](C)CO)C[C@@H]2C)cc1. The highest BCUT2D eigenvalue weighted by Gasteiger charge is 2.31. The Morgan fingerprint density at radius 1 is 1.10 bits per heavy atom. The van der Waals surface area contributed by atoms with Crippen molar-refractivity contribution in [1.82, 2.24) is 9.80 Å². The number of ether oxygens (including phenoxy) is 2. The third-order valence-corrected chi connectivity index (χ3v) is 7.31. The van der Waals surface area contributed by atoms with E-state index in [9.17, 15) is 14.7 Å². The highest BCUT2D eigenvalue weighted by molar-refractivity contribution is 5.99. The van der Waals surface area contributed by atoms with Crippen LogP contribution in [0.4, 0.5) is 16.2 Å². The number of amides is 3. The Morgan fingerprint density at radius 3 is 2.49 bits per heavy atom. The third-order valence-electron chi connectivity index (χ3n) is 7.31. The number of anilines is 2. The molecule has 0 aliphatic carbocycles. The fraction of sp³-hybridized carbons (Fsp3) is 0.375.